The zero-order valence-electron chi connectivity index (χ0n) is 18.3. The highest BCUT2D eigenvalue weighted by molar-refractivity contribution is 6.30. The molecule has 8 nitrogen and oxygen atoms in total. The smallest absolute Gasteiger partial charge is 0.434 e. The van der Waals surface area contributed by atoms with Gasteiger partial charge in [-0.1, -0.05) is 24.1 Å². The van der Waals surface area contributed by atoms with Crippen LogP contribution in [0, 0.1) is 0 Å². The van der Waals surface area contributed by atoms with E-state index >= 15 is 0 Å². The summed E-state index contributed by atoms with van der Waals surface area (Å²) in [4.78, 5) is 25.0. The van der Waals surface area contributed by atoms with Crippen LogP contribution >= 0.6 is 11.6 Å². The summed E-state index contributed by atoms with van der Waals surface area (Å²) in [5.74, 6) is 0.777. The highest BCUT2D eigenvalue weighted by atomic mass is 35.5. The molecule has 1 aromatic heterocycles. The van der Waals surface area contributed by atoms with E-state index in [-0.39, 0.29) is 17.7 Å². The zero-order valence-corrected chi connectivity index (χ0v) is 19.0. The number of halogens is 1. The van der Waals surface area contributed by atoms with E-state index in [2.05, 4.69) is 15.7 Å². The topological polar surface area (TPSA) is 94.5 Å². The summed E-state index contributed by atoms with van der Waals surface area (Å²) in [7, 11) is 1.29. The third-order valence-electron chi connectivity index (χ3n) is 6.53. The van der Waals surface area contributed by atoms with Gasteiger partial charge in [0.15, 0.2) is 0 Å². The van der Waals surface area contributed by atoms with Gasteiger partial charge in [-0.05, 0) is 56.0 Å². The Morgan fingerprint density at radius 3 is 2.82 bits per heavy atom. The molecule has 0 bridgehead atoms. The average molecular weight is 469 g/mol. The fraction of sp³-hybridized carbons (Fsp3) is 0.375. The van der Waals surface area contributed by atoms with Crippen molar-refractivity contribution >= 4 is 40.3 Å². The van der Waals surface area contributed by atoms with E-state index in [1.807, 2.05) is 18.2 Å². The van der Waals surface area contributed by atoms with Crippen molar-refractivity contribution in [3.05, 3.63) is 53.2 Å². The third kappa shape index (κ3) is 4.11. The van der Waals surface area contributed by atoms with Crippen LogP contribution < -0.4 is 15.4 Å². The highest BCUT2D eigenvalue weighted by Crippen LogP contribution is 2.46. The molecule has 3 aromatic rings. The third-order valence-corrected chi connectivity index (χ3v) is 6.76. The van der Waals surface area contributed by atoms with E-state index < -0.39 is 6.09 Å². The molecule has 1 aliphatic heterocycles. The molecule has 2 amide bonds. The molecule has 172 valence electrons. The van der Waals surface area contributed by atoms with Crippen LogP contribution in [-0.2, 0) is 4.74 Å². The first-order valence-electron chi connectivity index (χ1n) is 11.1. The van der Waals surface area contributed by atoms with Crippen LogP contribution in [0.4, 0.5) is 15.3 Å². The molecular weight excluding hydrogens is 444 g/mol. The number of rotatable bonds is 2. The summed E-state index contributed by atoms with van der Waals surface area (Å²) >= 11 is 6.26. The zero-order chi connectivity index (χ0) is 23.0. The van der Waals surface area contributed by atoms with Crippen LogP contribution in [0.1, 0.15) is 50.1 Å². The molecule has 0 saturated heterocycles. The fourth-order valence-corrected chi connectivity index (χ4v) is 5.16. The normalized spacial score (nSPS) is 18.9. The van der Waals surface area contributed by atoms with Crippen LogP contribution in [0.3, 0.4) is 0 Å². The maximum Gasteiger partial charge on any atom is 0.434 e. The van der Waals surface area contributed by atoms with Crippen molar-refractivity contribution in [3.8, 4) is 5.75 Å². The Balaban J connectivity index is 1.40. The molecular formula is C24H25ClN4O4. The molecule has 1 fully saturated rings. The Kier molecular flexibility index (Phi) is 5.62. The number of nitrogens with zero attached hydrogens (tertiary/aromatic N) is 2. The molecule has 2 aliphatic rings. The van der Waals surface area contributed by atoms with E-state index in [4.69, 9.17) is 21.1 Å². The average Bonchev–Trinajstić information content (AvgIpc) is 3.25. The lowest BCUT2D eigenvalue weighted by Gasteiger charge is -2.44. The predicted octanol–water partition coefficient (Wildman–Crippen LogP) is 5.65. The van der Waals surface area contributed by atoms with Gasteiger partial charge < -0.3 is 20.1 Å². The van der Waals surface area contributed by atoms with Gasteiger partial charge in [0.05, 0.1) is 30.6 Å². The van der Waals surface area contributed by atoms with Crippen molar-refractivity contribution < 1.29 is 19.1 Å². The van der Waals surface area contributed by atoms with Crippen molar-refractivity contribution in [2.75, 3.05) is 12.4 Å². The van der Waals surface area contributed by atoms with Crippen molar-refractivity contribution in [1.29, 1.82) is 0 Å². The molecule has 2 heterocycles. The maximum atomic E-state index is 13.1. The van der Waals surface area contributed by atoms with Crippen molar-refractivity contribution in [3.63, 3.8) is 0 Å². The minimum Gasteiger partial charge on any atom is -0.487 e. The van der Waals surface area contributed by atoms with E-state index in [1.54, 1.807) is 18.2 Å². The number of fused-ring (bicyclic) bond motifs is 2. The maximum absolute atomic E-state index is 13.1. The van der Waals surface area contributed by atoms with Gasteiger partial charge in [0.25, 0.3) is 0 Å². The second-order valence-corrected chi connectivity index (χ2v) is 9.08. The molecule has 1 unspecified atom stereocenters. The molecule has 1 saturated carbocycles. The Labute approximate surface area is 196 Å². The lowest BCUT2D eigenvalue weighted by molar-refractivity contribution is -0.000994. The Hall–Kier alpha value is -3.26. The quantitative estimate of drug-likeness (QED) is 0.506. The highest BCUT2D eigenvalue weighted by Gasteiger charge is 2.42. The van der Waals surface area contributed by atoms with Gasteiger partial charge in [-0.15, -0.1) is 0 Å². The molecule has 33 heavy (non-hydrogen) atoms. The summed E-state index contributed by atoms with van der Waals surface area (Å²) in [6.07, 6.45) is 7.02. The second kappa shape index (κ2) is 8.59. The molecule has 1 spiro atoms. The monoisotopic (exact) mass is 468 g/mol. The summed E-state index contributed by atoms with van der Waals surface area (Å²) in [6, 6.07) is 10.2. The van der Waals surface area contributed by atoms with Gasteiger partial charge >= 0.3 is 12.1 Å². The van der Waals surface area contributed by atoms with Gasteiger partial charge in [-0.2, -0.15) is 9.78 Å². The van der Waals surface area contributed by atoms with E-state index in [9.17, 15) is 9.59 Å². The molecule has 9 heteroatoms. The number of anilines is 1. The van der Waals surface area contributed by atoms with E-state index in [0.29, 0.717) is 28.0 Å². The number of benzene rings is 2. The molecule has 1 atom stereocenters. The first kappa shape index (κ1) is 21.6. The van der Waals surface area contributed by atoms with Crippen molar-refractivity contribution in [2.45, 2.75) is 50.2 Å². The van der Waals surface area contributed by atoms with Crippen molar-refractivity contribution in [1.82, 2.24) is 15.1 Å². The second-order valence-electron chi connectivity index (χ2n) is 8.65. The molecule has 2 aromatic carbocycles. The van der Waals surface area contributed by atoms with E-state index in [0.717, 1.165) is 41.7 Å². The number of amides is 2. The molecule has 1 aliphatic carbocycles. The Morgan fingerprint density at radius 2 is 2.03 bits per heavy atom. The molecule has 0 radical (unpaired) electrons. The number of aromatic nitrogens is 2. The fourth-order valence-electron chi connectivity index (χ4n) is 4.98. The number of methoxy groups -OCH3 is 1. The van der Waals surface area contributed by atoms with Crippen LogP contribution in [-0.4, -0.2) is 34.6 Å². The SMILES string of the molecule is COC(=O)n1ncc2c(NC(=O)NC3CC4(CCCCC4)Oc4ccc(Cl)cc43)cccc21. The summed E-state index contributed by atoms with van der Waals surface area (Å²) in [5, 5.41) is 11.4. The number of urea groups is 1. The van der Waals surface area contributed by atoms with Crippen LogP contribution in [0.15, 0.2) is 42.6 Å². The predicted molar refractivity (Wildman–Crippen MR) is 125 cm³/mol. The van der Waals surface area contributed by atoms with Gasteiger partial charge in [0.1, 0.15) is 11.4 Å². The van der Waals surface area contributed by atoms with Gasteiger partial charge in [0, 0.05) is 22.4 Å². The van der Waals surface area contributed by atoms with Crippen LogP contribution in [0.5, 0.6) is 5.75 Å². The van der Waals surface area contributed by atoms with Crippen LogP contribution in [0.2, 0.25) is 5.02 Å². The first-order chi connectivity index (χ1) is 16.0. The number of nitrogens with one attached hydrogen (secondary N) is 2. The Morgan fingerprint density at radius 1 is 1.21 bits per heavy atom. The van der Waals surface area contributed by atoms with Gasteiger partial charge in [-0.25, -0.2) is 9.59 Å². The lowest BCUT2D eigenvalue weighted by Crippen LogP contribution is -2.47. The summed E-state index contributed by atoms with van der Waals surface area (Å²) in [6.45, 7) is 0. The number of hydrogen-bond acceptors (Lipinski definition) is 5. The molecule has 2 N–H and O–H groups in total. The van der Waals surface area contributed by atoms with Crippen molar-refractivity contribution in [2.24, 2.45) is 0 Å². The minimum atomic E-state index is -0.597. The number of carbonyl (C=O) groups is 2. The largest absolute Gasteiger partial charge is 0.487 e. The number of ether oxygens (including phenoxy) is 2. The van der Waals surface area contributed by atoms with Gasteiger partial charge in [-0.3, -0.25) is 0 Å². The first-order valence-corrected chi connectivity index (χ1v) is 11.5. The number of carbonyl (C=O) groups excluding carboxylic acids is 2. The molecule has 5 rings (SSSR count). The van der Waals surface area contributed by atoms with Crippen LogP contribution in [0.25, 0.3) is 10.9 Å². The number of hydrogen-bond donors (Lipinski definition) is 2. The summed E-state index contributed by atoms with van der Waals surface area (Å²) < 4.78 is 12.4. The van der Waals surface area contributed by atoms with E-state index in [1.165, 1.54) is 19.7 Å². The minimum absolute atomic E-state index is 0.234. The lowest BCUT2D eigenvalue weighted by atomic mass is 9.77. The summed E-state index contributed by atoms with van der Waals surface area (Å²) in [5.41, 5.74) is 1.71. The Bertz CT molecular complexity index is 1220. The standard InChI is InChI=1S/C24H25ClN4O4/c1-32-23(31)29-20-7-5-6-18(17(20)14-26-29)27-22(30)28-19-13-24(10-3-2-4-11-24)33-21-9-8-15(25)12-16(19)21/h5-9,12,14,19H,2-4,10-11,13H2,1H3,(H2,27,28,30). The van der Waals surface area contributed by atoms with Gasteiger partial charge in [0.2, 0.25) is 0 Å².